The molecule has 3 aromatic rings. The highest BCUT2D eigenvalue weighted by Crippen LogP contribution is 2.30. The third-order valence-electron chi connectivity index (χ3n) is 6.12. The van der Waals surface area contributed by atoms with Crippen LogP contribution < -0.4 is 15.5 Å². The highest BCUT2D eigenvalue weighted by Gasteiger charge is 2.23. The zero-order valence-corrected chi connectivity index (χ0v) is 18.4. The van der Waals surface area contributed by atoms with E-state index in [4.69, 9.17) is 4.98 Å². The fraction of sp³-hybridized carbons (Fsp3) is 0.360. The summed E-state index contributed by atoms with van der Waals surface area (Å²) in [5, 5.41) is 7.46. The summed E-state index contributed by atoms with van der Waals surface area (Å²) in [6, 6.07) is 14.2. The fourth-order valence-electron chi connectivity index (χ4n) is 4.33. The summed E-state index contributed by atoms with van der Waals surface area (Å²) in [5.74, 6) is -1.50. The van der Waals surface area contributed by atoms with E-state index in [1.807, 2.05) is 32.3 Å². The highest BCUT2D eigenvalue weighted by atomic mass is 19.2. The van der Waals surface area contributed by atoms with E-state index in [0.29, 0.717) is 18.5 Å². The minimum Gasteiger partial charge on any atom is -0.377 e. The number of para-hydroxylation sites is 1. The van der Waals surface area contributed by atoms with Gasteiger partial charge in [-0.1, -0.05) is 24.3 Å². The van der Waals surface area contributed by atoms with Crippen molar-refractivity contribution in [3.05, 3.63) is 65.7 Å². The number of carbonyl (C=O) groups is 1. The molecule has 1 saturated carbocycles. The SMILES string of the molecule is CN(C)c1cc(N[C@H]2CC[C@@H](CNC(=O)c3cccc(F)c3F)CC2)nc2ccccc12. The van der Waals surface area contributed by atoms with Crippen LogP contribution in [0.2, 0.25) is 0 Å². The number of pyridine rings is 1. The lowest BCUT2D eigenvalue weighted by molar-refractivity contribution is 0.0938. The summed E-state index contributed by atoms with van der Waals surface area (Å²) in [6.07, 6.45) is 3.80. The Morgan fingerprint density at radius 1 is 1.06 bits per heavy atom. The molecule has 0 bridgehead atoms. The van der Waals surface area contributed by atoms with Crippen molar-refractivity contribution in [2.24, 2.45) is 5.92 Å². The number of anilines is 2. The van der Waals surface area contributed by atoms with Crippen LogP contribution in [0.25, 0.3) is 10.9 Å². The Kier molecular flexibility index (Phi) is 6.53. The molecule has 32 heavy (non-hydrogen) atoms. The first kappa shape index (κ1) is 22.0. The van der Waals surface area contributed by atoms with Crippen LogP contribution in [-0.4, -0.2) is 37.6 Å². The molecule has 1 aliphatic rings. The van der Waals surface area contributed by atoms with Crippen molar-refractivity contribution in [3.63, 3.8) is 0 Å². The van der Waals surface area contributed by atoms with Gasteiger partial charge in [-0.25, -0.2) is 13.8 Å². The summed E-state index contributed by atoms with van der Waals surface area (Å²) in [5.41, 5.74) is 1.83. The number of nitrogens with one attached hydrogen (secondary N) is 2. The molecule has 1 amide bonds. The third-order valence-corrected chi connectivity index (χ3v) is 6.12. The first-order valence-corrected chi connectivity index (χ1v) is 11.0. The summed E-state index contributed by atoms with van der Waals surface area (Å²) in [6.45, 7) is 0.459. The number of nitrogens with zero attached hydrogens (tertiary/aromatic N) is 2. The number of amides is 1. The van der Waals surface area contributed by atoms with Crippen LogP contribution >= 0.6 is 0 Å². The topological polar surface area (TPSA) is 57.3 Å². The average molecular weight is 439 g/mol. The molecule has 1 aromatic heterocycles. The highest BCUT2D eigenvalue weighted by molar-refractivity contribution is 5.94. The molecule has 0 atom stereocenters. The van der Waals surface area contributed by atoms with Crippen LogP contribution in [0.4, 0.5) is 20.3 Å². The average Bonchev–Trinajstić information content (AvgIpc) is 2.79. The first-order chi connectivity index (χ1) is 15.4. The van der Waals surface area contributed by atoms with Gasteiger partial charge in [-0.15, -0.1) is 0 Å². The third kappa shape index (κ3) is 4.82. The molecule has 0 saturated heterocycles. The van der Waals surface area contributed by atoms with Gasteiger partial charge in [0.2, 0.25) is 0 Å². The number of rotatable bonds is 6. The molecule has 168 valence electrons. The summed E-state index contributed by atoms with van der Waals surface area (Å²) >= 11 is 0. The summed E-state index contributed by atoms with van der Waals surface area (Å²) in [4.78, 5) is 19.1. The number of hydrogen-bond acceptors (Lipinski definition) is 4. The Bertz CT molecular complexity index is 1110. The van der Waals surface area contributed by atoms with E-state index in [2.05, 4.69) is 27.7 Å². The van der Waals surface area contributed by atoms with Gasteiger partial charge < -0.3 is 15.5 Å². The number of fused-ring (bicyclic) bond motifs is 1. The molecule has 0 unspecified atom stereocenters. The zero-order valence-electron chi connectivity index (χ0n) is 18.4. The van der Waals surface area contributed by atoms with Crippen LogP contribution in [0.3, 0.4) is 0 Å². The maximum atomic E-state index is 13.8. The molecule has 5 nitrogen and oxygen atoms in total. The van der Waals surface area contributed by atoms with E-state index >= 15 is 0 Å². The molecule has 2 aromatic carbocycles. The van der Waals surface area contributed by atoms with Crippen LogP contribution in [0.1, 0.15) is 36.0 Å². The van der Waals surface area contributed by atoms with Gasteiger partial charge in [-0.05, 0) is 49.8 Å². The number of hydrogen-bond donors (Lipinski definition) is 2. The van der Waals surface area contributed by atoms with E-state index in [1.165, 1.54) is 12.1 Å². The molecule has 1 heterocycles. The van der Waals surface area contributed by atoms with Crippen molar-refractivity contribution in [2.75, 3.05) is 30.9 Å². The lowest BCUT2D eigenvalue weighted by Crippen LogP contribution is -2.34. The van der Waals surface area contributed by atoms with Crippen molar-refractivity contribution in [1.82, 2.24) is 10.3 Å². The van der Waals surface area contributed by atoms with Crippen LogP contribution in [0.5, 0.6) is 0 Å². The Labute approximate surface area is 186 Å². The summed E-state index contributed by atoms with van der Waals surface area (Å²) < 4.78 is 27.1. The fourth-order valence-corrected chi connectivity index (χ4v) is 4.33. The summed E-state index contributed by atoms with van der Waals surface area (Å²) in [7, 11) is 4.06. The van der Waals surface area contributed by atoms with Gasteiger partial charge in [0, 0.05) is 43.8 Å². The second kappa shape index (κ2) is 9.51. The molecule has 4 rings (SSSR count). The second-order valence-corrected chi connectivity index (χ2v) is 8.61. The van der Waals surface area contributed by atoms with Crippen molar-refractivity contribution in [2.45, 2.75) is 31.7 Å². The maximum Gasteiger partial charge on any atom is 0.254 e. The molecule has 1 aliphatic carbocycles. The Balaban J connectivity index is 1.32. The minimum atomic E-state index is -1.10. The van der Waals surface area contributed by atoms with Gasteiger partial charge in [0.15, 0.2) is 11.6 Å². The van der Waals surface area contributed by atoms with Gasteiger partial charge in [0.05, 0.1) is 11.1 Å². The number of benzene rings is 2. The molecular weight excluding hydrogens is 410 g/mol. The predicted molar refractivity (Wildman–Crippen MR) is 124 cm³/mol. The molecule has 1 fully saturated rings. The lowest BCUT2D eigenvalue weighted by atomic mass is 9.86. The Morgan fingerprint density at radius 3 is 2.56 bits per heavy atom. The van der Waals surface area contributed by atoms with Gasteiger partial charge in [-0.2, -0.15) is 0 Å². The monoisotopic (exact) mass is 438 g/mol. The Morgan fingerprint density at radius 2 is 1.81 bits per heavy atom. The largest absolute Gasteiger partial charge is 0.377 e. The molecule has 7 heteroatoms. The van der Waals surface area contributed by atoms with Crippen LogP contribution in [0.15, 0.2) is 48.5 Å². The molecule has 0 spiro atoms. The molecule has 2 N–H and O–H groups in total. The number of aromatic nitrogens is 1. The van der Waals surface area contributed by atoms with E-state index in [1.54, 1.807) is 0 Å². The predicted octanol–water partition coefficient (Wildman–Crippen LogP) is 4.98. The molecular formula is C25H28F2N4O. The minimum absolute atomic E-state index is 0.251. The van der Waals surface area contributed by atoms with Crippen LogP contribution in [-0.2, 0) is 0 Å². The lowest BCUT2D eigenvalue weighted by Gasteiger charge is -2.30. The number of carbonyl (C=O) groups excluding carboxylic acids is 1. The van der Waals surface area contributed by atoms with E-state index < -0.39 is 17.5 Å². The number of halogens is 2. The van der Waals surface area contributed by atoms with Gasteiger partial charge in [-0.3, -0.25) is 4.79 Å². The molecule has 0 radical (unpaired) electrons. The van der Waals surface area contributed by atoms with Gasteiger partial charge >= 0.3 is 0 Å². The maximum absolute atomic E-state index is 13.8. The smallest absolute Gasteiger partial charge is 0.254 e. The van der Waals surface area contributed by atoms with Crippen LogP contribution in [0, 0.1) is 17.6 Å². The zero-order chi connectivity index (χ0) is 22.7. The van der Waals surface area contributed by atoms with Crippen molar-refractivity contribution < 1.29 is 13.6 Å². The van der Waals surface area contributed by atoms with Crippen molar-refractivity contribution >= 4 is 28.3 Å². The first-order valence-electron chi connectivity index (χ1n) is 11.0. The quantitative estimate of drug-likeness (QED) is 0.570. The van der Waals surface area contributed by atoms with E-state index in [-0.39, 0.29) is 5.56 Å². The Hall–Kier alpha value is -3.22. The van der Waals surface area contributed by atoms with Crippen molar-refractivity contribution in [1.29, 1.82) is 0 Å². The van der Waals surface area contributed by atoms with Gasteiger partial charge in [0.1, 0.15) is 5.82 Å². The molecule has 0 aliphatic heterocycles. The van der Waals surface area contributed by atoms with Crippen molar-refractivity contribution in [3.8, 4) is 0 Å². The van der Waals surface area contributed by atoms with Gasteiger partial charge in [0.25, 0.3) is 5.91 Å². The normalized spacial score (nSPS) is 18.4. The second-order valence-electron chi connectivity index (χ2n) is 8.61. The van der Waals surface area contributed by atoms with E-state index in [0.717, 1.165) is 54.2 Å². The van der Waals surface area contributed by atoms with E-state index in [9.17, 15) is 13.6 Å². The standard InChI is InChI=1S/C25H28F2N4O/c1-31(2)22-14-23(30-21-9-4-3-6-18(21)22)29-17-12-10-16(11-13-17)15-28-25(32)19-7-5-8-20(26)24(19)27/h3-9,14,16-17H,10-13,15H2,1-2H3,(H,28,32)(H,29,30)/t16-,17+.